The first kappa shape index (κ1) is 14.0. The maximum Gasteiger partial charge on any atom is 0.226 e. The van der Waals surface area contributed by atoms with Crippen molar-refractivity contribution in [3.63, 3.8) is 0 Å². The highest BCUT2D eigenvalue weighted by Crippen LogP contribution is 2.36. The predicted molar refractivity (Wildman–Crippen MR) is 71.8 cm³/mol. The van der Waals surface area contributed by atoms with Gasteiger partial charge in [0.1, 0.15) is 0 Å². The molecule has 0 aromatic rings. The summed E-state index contributed by atoms with van der Waals surface area (Å²) in [5.41, 5.74) is -0.0992. The van der Waals surface area contributed by atoms with Crippen LogP contribution in [-0.2, 0) is 4.79 Å². The fraction of sp³-hybridized carbons (Fsp3) is 0.923. The van der Waals surface area contributed by atoms with Crippen molar-refractivity contribution in [2.45, 2.75) is 64.8 Å². The van der Waals surface area contributed by atoms with E-state index in [9.17, 15) is 4.79 Å². The summed E-state index contributed by atoms with van der Waals surface area (Å²) in [6.45, 7) is 4.26. The van der Waals surface area contributed by atoms with Crippen LogP contribution in [0.5, 0.6) is 0 Å². The minimum atomic E-state index is -0.0992. The molecule has 16 heavy (non-hydrogen) atoms. The van der Waals surface area contributed by atoms with Crippen LogP contribution in [0.1, 0.15) is 58.8 Å². The second-order valence-electron chi connectivity index (χ2n) is 5.18. The van der Waals surface area contributed by atoms with Gasteiger partial charge in [-0.2, -0.15) is 0 Å². The van der Waals surface area contributed by atoms with Gasteiger partial charge in [0.05, 0.1) is 0 Å². The van der Waals surface area contributed by atoms with Gasteiger partial charge in [-0.3, -0.25) is 4.79 Å². The molecule has 1 fully saturated rings. The molecule has 94 valence electrons. The van der Waals surface area contributed by atoms with E-state index in [1.54, 1.807) is 0 Å². The molecule has 1 rings (SSSR count). The molecule has 1 amide bonds. The number of alkyl halides is 1. The van der Waals surface area contributed by atoms with Gasteiger partial charge in [-0.15, -0.1) is 0 Å². The Morgan fingerprint density at radius 2 is 2.00 bits per heavy atom. The van der Waals surface area contributed by atoms with Crippen molar-refractivity contribution in [3.05, 3.63) is 0 Å². The lowest BCUT2D eigenvalue weighted by molar-refractivity contribution is -0.132. The molecule has 0 spiro atoms. The number of amides is 1. The van der Waals surface area contributed by atoms with Crippen LogP contribution in [0.4, 0.5) is 0 Å². The average Bonchev–Trinajstić information content (AvgIpc) is 2.29. The van der Waals surface area contributed by atoms with Gasteiger partial charge >= 0.3 is 0 Å². The zero-order valence-corrected chi connectivity index (χ0v) is 12.1. The second kappa shape index (κ2) is 6.63. The molecule has 1 unspecified atom stereocenters. The molecule has 0 aromatic carbocycles. The molecular formula is C13H24BrNO. The van der Waals surface area contributed by atoms with E-state index in [1.807, 2.05) is 0 Å². The second-order valence-corrected chi connectivity index (χ2v) is 5.97. The lowest BCUT2D eigenvalue weighted by atomic mass is 9.75. The highest BCUT2D eigenvalue weighted by atomic mass is 79.9. The van der Waals surface area contributed by atoms with Gasteiger partial charge in [0.25, 0.3) is 0 Å². The lowest BCUT2D eigenvalue weighted by Gasteiger charge is -2.33. The quantitative estimate of drug-likeness (QED) is 0.770. The third-order valence-corrected chi connectivity index (χ3v) is 4.25. The Bertz CT molecular complexity index is 224. The van der Waals surface area contributed by atoms with E-state index in [2.05, 4.69) is 35.1 Å². The van der Waals surface area contributed by atoms with Crippen molar-refractivity contribution in [2.24, 2.45) is 5.41 Å². The maximum atomic E-state index is 12.2. The zero-order valence-electron chi connectivity index (χ0n) is 10.5. The van der Waals surface area contributed by atoms with Gasteiger partial charge in [0.15, 0.2) is 0 Å². The Morgan fingerprint density at radius 1 is 1.38 bits per heavy atom. The molecule has 0 bridgehead atoms. The van der Waals surface area contributed by atoms with Crippen LogP contribution in [0.3, 0.4) is 0 Å². The minimum absolute atomic E-state index is 0.0992. The summed E-state index contributed by atoms with van der Waals surface area (Å²) in [6.07, 6.45) is 7.87. The van der Waals surface area contributed by atoms with E-state index < -0.39 is 0 Å². The van der Waals surface area contributed by atoms with E-state index in [4.69, 9.17) is 0 Å². The number of halogens is 1. The average molecular weight is 290 g/mol. The Kier molecular flexibility index (Phi) is 5.81. The molecule has 3 heteroatoms. The number of hydrogen-bond donors (Lipinski definition) is 1. The van der Waals surface area contributed by atoms with Crippen molar-refractivity contribution < 1.29 is 4.79 Å². The smallest absolute Gasteiger partial charge is 0.226 e. The Morgan fingerprint density at radius 3 is 2.50 bits per heavy atom. The predicted octanol–water partition coefficient (Wildman–Crippen LogP) is 3.64. The fourth-order valence-corrected chi connectivity index (χ4v) is 2.98. The molecule has 0 aromatic heterocycles. The van der Waals surface area contributed by atoms with Crippen molar-refractivity contribution in [2.75, 3.05) is 5.33 Å². The molecule has 0 saturated heterocycles. The SMILES string of the molecule is CCC(CCBr)NC(=O)C1(C)CCCCC1. The van der Waals surface area contributed by atoms with Gasteiger partial charge in [-0.25, -0.2) is 0 Å². The fourth-order valence-electron chi connectivity index (χ4n) is 2.43. The molecule has 1 saturated carbocycles. The summed E-state index contributed by atoms with van der Waals surface area (Å²) in [6, 6.07) is 0.339. The maximum absolute atomic E-state index is 12.2. The van der Waals surface area contributed by atoms with Crippen molar-refractivity contribution in [3.8, 4) is 0 Å². The molecule has 1 aliphatic rings. The summed E-state index contributed by atoms with van der Waals surface area (Å²) >= 11 is 3.44. The van der Waals surface area contributed by atoms with E-state index in [0.29, 0.717) is 6.04 Å². The molecule has 0 heterocycles. The first-order valence-electron chi connectivity index (χ1n) is 6.49. The zero-order chi connectivity index (χ0) is 12.0. The van der Waals surface area contributed by atoms with Crippen LogP contribution >= 0.6 is 15.9 Å². The van der Waals surface area contributed by atoms with Crippen LogP contribution in [0.2, 0.25) is 0 Å². The highest BCUT2D eigenvalue weighted by molar-refractivity contribution is 9.09. The number of rotatable bonds is 5. The van der Waals surface area contributed by atoms with Crippen LogP contribution in [0, 0.1) is 5.41 Å². The number of hydrogen-bond acceptors (Lipinski definition) is 1. The highest BCUT2D eigenvalue weighted by Gasteiger charge is 2.34. The van der Waals surface area contributed by atoms with Crippen LogP contribution in [-0.4, -0.2) is 17.3 Å². The molecule has 1 N–H and O–H groups in total. The minimum Gasteiger partial charge on any atom is -0.353 e. The van der Waals surface area contributed by atoms with E-state index in [0.717, 1.165) is 31.0 Å². The third kappa shape index (κ3) is 3.76. The summed E-state index contributed by atoms with van der Waals surface area (Å²) < 4.78 is 0. The third-order valence-electron chi connectivity index (χ3n) is 3.79. The van der Waals surface area contributed by atoms with Crippen molar-refractivity contribution in [1.82, 2.24) is 5.32 Å². The number of carbonyl (C=O) groups is 1. The first-order valence-corrected chi connectivity index (χ1v) is 7.61. The summed E-state index contributed by atoms with van der Waals surface area (Å²) in [5, 5.41) is 4.17. The lowest BCUT2D eigenvalue weighted by Crippen LogP contribution is -2.45. The summed E-state index contributed by atoms with van der Waals surface area (Å²) in [5.74, 6) is 0.278. The van der Waals surface area contributed by atoms with Gasteiger partial charge < -0.3 is 5.32 Å². The Hall–Kier alpha value is -0.0500. The van der Waals surface area contributed by atoms with Gasteiger partial charge in [0, 0.05) is 16.8 Å². The molecule has 1 aliphatic carbocycles. The van der Waals surface area contributed by atoms with Crippen LogP contribution in [0.15, 0.2) is 0 Å². The van der Waals surface area contributed by atoms with Crippen molar-refractivity contribution in [1.29, 1.82) is 0 Å². The van der Waals surface area contributed by atoms with E-state index >= 15 is 0 Å². The van der Waals surface area contributed by atoms with Gasteiger partial charge in [-0.1, -0.05) is 49.0 Å². The van der Waals surface area contributed by atoms with Crippen molar-refractivity contribution >= 4 is 21.8 Å². The Balaban J connectivity index is 2.48. The molecule has 1 atom stereocenters. The Labute approximate surface area is 108 Å². The summed E-state index contributed by atoms with van der Waals surface area (Å²) in [4.78, 5) is 12.2. The van der Waals surface area contributed by atoms with Crippen LogP contribution in [0.25, 0.3) is 0 Å². The molecular weight excluding hydrogens is 266 g/mol. The monoisotopic (exact) mass is 289 g/mol. The first-order chi connectivity index (χ1) is 7.62. The largest absolute Gasteiger partial charge is 0.353 e. The summed E-state index contributed by atoms with van der Waals surface area (Å²) in [7, 11) is 0. The molecule has 2 nitrogen and oxygen atoms in total. The molecule has 0 aliphatic heterocycles. The topological polar surface area (TPSA) is 29.1 Å². The van der Waals surface area contributed by atoms with Crippen LogP contribution < -0.4 is 5.32 Å². The van der Waals surface area contributed by atoms with E-state index in [-0.39, 0.29) is 11.3 Å². The number of carbonyl (C=O) groups excluding carboxylic acids is 1. The molecule has 0 radical (unpaired) electrons. The van der Waals surface area contributed by atoms with Gasteiger partial charge in [0.2, 0.25) is 5.91 Å². The standard InChI is InChI=1S/C13H24BrNO/c1-3-11(7-10-14)15-12(16)13(2)8-5-4-6-9-13/h11H,3-10H2,1-2H3,(H,15,16). The van der Waals surface area contributed by atoms with E-state index in [1.165, 1.54) is 19.3 Å². The normalized spacial score (nSPS) is 21.4. The number of nitrogens with one attached hydrogen (secondary N) is 1. The van der Waals surface area contributed by atoms with Gasteiger partial charge in [-0.05, 0) is 25.7 Å².